The molecule has 164 valence electrons. The maximum absolute atomic E-state index is 13.2. The van der Waals surface area contributed by atoms with Gasteiger partial charge >= 0.3 is 5.97 Å². The van der Waals surface area contributed by atoms with Gasteiger partial charge in [-0.25, -0.2) is 9.78 Å². The molecule has 0 saturated heterocycles. The minimum absolute atomic E-state index is 0.308. The Bertz CT molecular complexity index is 1130. The Kier molecular flexibility index (Phi) is 6.57. The van der Waals surface area contributed by atoms with E-state index in [4.69, 9.17) is 10.5 Å². The second kappa shape index (κ2) is 9.36. The molecule has 0 radical (unpaired) electrons. The number of aryl methyl sites for hydroxylation is 2. The molecule has 3 aromatic heterocycles. The molecule has 0 fully saturated rings. The summed E-state index contributed by atoms with van der Waals surface area (Å²) in [7, 11) is 1.38. The van der Waals surface area contributed by atoms with Gasteiger partial charge in [0, 0.05) is 16.0 Å². The van der Waals surface area contributed by atoms with Gasteiger partial charge in [0.15, 0.2) is 0 Å². The summed E-state index contributed by atoms with van der Waals surface area (Å²) < 4.78 is 5.05. The Hall–Kier alpha value is -2.45. The molecule has 3 aromatic rings. The third-order valence-electron chi connectivity index (χ3n) is 5.65. The fraction of sp³-hybridized carbons (Fsp3) is 0.435. The number of hydrogen-bond donors (Lipinski definition) is 2. The average Bonchev–Trinajstić information content (AvgIpc) is 3.24. The van der Waals surface area contributed by atoms with E-state index in [9.17, 15) is 9.59 Å². The van der Waals surface area contributed by atoms with Crippen LogP contribution in [0.25, 0.3) is 10.2 Å². The van der Waals surface area contributed by atoms with E-state index in [1.54, 1.807) is 0 Å². The van der Waals surface area contributed by atoms with Crippen molar-refractivity contribution in [3.05, 3.63) is 38.7 Å². The number of rotatable bonds is 5. The van der Waals surface area contributed by atoms with E-state index >= 15 is 0 Å². The molecular formula is C23H27N3O3S2. The van der Waals surface area contributed by atoms with Crippen molar-refractivity contribution in [3.63, 3.8) is 0 Å². The van der Waals surface area contributed by atoms with Gasteiger partial charge < -0.3 is 15.8 Å². The SMILES string of the molecule is CCCc1ccc2c(N)c(C(=O)Nc3sc4c(c3C(=O)OC)CCCCCC4)sc2n1. The fourth-order valence-corrected chi connectivity index (χ4v) is 6.37. The van der Waals surface area contributed by atoms with Gasteiger partial charge in [0.1, 0.15) is 14.7 Å². The lowest BCUT2D eigenvalue weighted by Crippen LogP contribution is -2.15. The molecule has 1 aliphatic carbocycles. The number of carbonyl (C=O) groups excluding carboxylic acids is 2. The second-order valence-electron chi connectivity index (χ2n) is 7.82. The standard InChI is InChI=1S/C23H27N3O3S2/c1-3-8-13-11-12-15-18(24)19(31-21(15)25-13)20(27)26-22-17(23(28)29-2)14-9-6-4-5-7-10-16(14)30-22/h11-12H,3-10,24H2,1-2H3,(H,26,27). The summed E-state index contributed by atoms with van der Waals surface area (Å²) in [5.41, 5.74) is 9.26. The Morgan fingerprint density at radius 1 is 1.16 bits per heavy atom. The number of esters is 1. The average molecular weight is 458 g/mol. The number of nitrogen functional groups attached to an aromatic ring is 1. The molecule has 0 aromatic carbocycles. The summed E-state index contributed by atoms with van der Waals surface area (Å²) in [4.78, 5) is 32.8. The summed E-state index contributed by atoms with van der Waals surface area (Å²) >= 11 is 2.78. The van der Waals surface area contributed by atoms with Crippen LogP contribution in [0.4, 0.5) is 10.7 Å². The quantitative estimate of drug-likeness (QED) is 0.487. The number of fused-ring (bicyclic) bond motifs is 2. The van der Waals surface area contributed by atoms with Crippen molar-refractivity contribution >= 4 is 55.5 Å². The zero-order valence-electron chi connectivity index (χ0n) is 17.9. The van der Waals surface area contributed by atoms with E-state index < -0.39 is 5.97 Å². The third-order valence-corrected chi connectivity index (χ3v) is 7.97. The maximum atomic E-state index is 13.2. The highest BCUT2D eigenvalue weighted by molar-refractivity contribution is 7.21. The monoisotopic (exact) mass is 457 g/mol. The lowest BCUT2D eigenvalue weighted by atomic mass is 9.96. The van der Waals surface area contributed by atoms with Crippen molar-refractivity contribution in [2.75, 3.05) is 18.2 Å². The largest absolute Gasteiger partial charge is 0.465 e. The Balaban J connectivity index is 1.69. The molecule has 1 amide bonds. The lowest BCUT2D eigenvalue weighted by Gasteiger charge is -2.10. The van der Waals surface area contributed by atoms with Gasteiger partial charge in [-0.2, -0.15) is 0 Å². The van der Waals surface area contributed by atoms with Gasteiger partial charge in [0.05, 0.1) is 18.4 Å². The van der Waals surface area contributed by atoms with Crippen LogP contribution in [-0.4, -0.2) is 24.0 Å². The second-order valence-corrected chi connectivity index (χ2v) is 9.92. The van der Waals surface area contributed by atoms with E-state index in [0.717, 1.165) is 66.4 Å². The summed E-state index contributed by atoms with van der Waals surface area (Å²) in [5.74, 6) is -0.708. The van der Waals surface area contributed by atoms with Crippen molar-refractivity contribution in [1.29, 1.82) is 0 Å². The number of nitrogens with two attached hydrogens (primary N) is 1. The first kappa shape index (κ1) is 21.8. The topological polar surface area (TPSA) is 94.3 Å². The number of amides is 1. The van der Waals surface area contributed by atoms with Crippen LogP contribution in [-0.2, 0) is 24.0 Å². The van der Waals surface area contributed by atoms with Crippen LogP contribution in [0, 0.1) is 0 Å². The first-order valence-electron chi connectivity index (χ1n) is 10.8. The van der Waals surface area contributed by atoms with Crippen LogP contribution in [0.3, 0.4) is 0 Å². The summed E-state index contributed by atoms with van der Waals surface area (Å²) in [5, 5.41) is 4.31. The van der Waals surface area contributed by atoms with E-state index in [-0.39, 0.29) is 5.91 Å². The highest BCUT2D eigenvalue weighted by Crippen LogP contribution is 2.39. The van der Waals surface area contributed by atoms with E-state index in [1.165, 1.54) is 41.1 Å². The van der Waals surface area contributed by atoms with Crippen molar-refractivity contribution in [3.8, 4) is 0 Å². The van der Waals surface area contributed by atoms with E-state index in [1.807, 2.05) is 12.1 Å². The van der Waals surface area contributed by atoms with Crippen LogP contribution < -0.4 is 11.1 Å². The van der Waals surface area contributed by atoms with Crippen LogP contribution in [0.15, 0.2) is 12.1 Å². The number of aromatic nitrogens is 1. The predicted octanol–water partition coefficient (Wildman–Crippen LogP) is 5.59. The van der Waals surface area contributed by atoms with Gasteiger partial charge in [-0.3, -0.25) is 4.79 Å². The van der Waals surface area contributed by atoms with Crippen molar-refractivity contribution in [2.24, 2.45) is 0 Å². The molecule has 0 bridgehead atoms. The number of nitrogens with zero attached hydrogens (tertiary/aromatic N) is 1. The van der Waals surface area contributed by atoms with Gasteiger partial charge in [-0.15, -0.1) is 22.7 Å². The Morgan fingerprint density at radius 2 is 1.94 bits per heavy atom. The van der Waals surface area contributed by atoms with Crippen LogP contribution >= 0.6 is 22.7 Å². The highest BCUT2D eigenvalue weighted by Gasteiger charge is 2.27. The summed E-state index contributed by atoms with van der Waals surface area (Å²) in [6.45, 7) is 2.11. The first-order chi connectivity index (χ1) is 15.0. The molecule has 0 spiro atoms. The number of methoxy groups -OCH3 is 1. The summed E-state index contributed by atoms with van der Waals surface area (Å²) in [6.07, 6.45) is 8.13. The van der Waals surface area contributed by atoms with Gasteiger partial charge in [-0.05, 0) is 49.8 Å². The van der Waals surface area contributed by atoms with Gasteiger partial charge in [0.2, 0.25) is 0 Å². The molecule has 3 heterocycles. The molecular weight excluding hydrogens is 430 g/mol. The summed E-state index contributed by atoms with van der Waals surface area (Å²) in [6, 6.07) is 3.90. The molecule has 31 heavy (non-hydrogen) atoms. The molecule has 4 rings (SSSR count). The number of nitrogens with one attached hydrogen (secondary N) is 1. The molecule has 0 unspecified atom stereocenters. The van der Waals surface area contributed by atoms with E-state index in [2.05, 4.69) is 17.2 Å². The number of carbonyl (C=O) groups is 2. The maximum Gasteiger partial charge on any atom is 0.341 e. The number of anilines is 2. The number of thiophene rings is 2. The number of ether oxygens (including phenoxy) is 1. The Labute approximate surface area is 189 Å². The van der Waals surface area contributed by atoms with Crippen LogP contribution in [0.5, 0.6) is 0 Å². The third kappa shape index (κ3) is 4.32. The molecule has 1 aliphatic rings. The van der Waals surface area contributed by atoms with Crippen molar-refractivity contribution < 1.29 is 14.3 Å². The van der Waals surface area contributed by atoms with Gasteiger partial charge in [-0.1, -0.05) is 26.2 Å². The molecule has 0 atom stereocenters. The minimum atomic E-state index is -0.399. The first-order valence-corrected chi connectivity index (χ1v) is 12.4. The predicted molar refractivity (Wildman–Crippen MR) is 128 cm³/mol. The molecule has 0 saturated carbocycles. The number of hydrogen-bond acceptors (Lipinski definition) is 7. The number of pyridine rings is 1. The zero-order chi connectivity index (χ0) is 22.0. The van der Waals surface area contributed by atoms with Crippen LogP contribution in [0.2, 0.25) is 0 Å². The fourth-order valence-electron chi connectivity index (χ4n) is 4.08. The highest BCUT2D eigenvalue weighted by atomic mass is 32.1. The molecule has 0 aliphatic heterocycles. The molecule has 6 nitrogen and oxygen atoms in total. The zero-order valence-corrected chi connectivity index (χ0v) is 19.5. The van der Waals surface area contributed by atoms with Gasteiger partial charge in [0.25, 0.3) is 5.91 Å². The molecule has 3 N–H and O–H groups in total. The van der Waals surface area contributed by atoms with Crippen molar-refractivity contribution in [1.82, 2.24) is 4.98 Å². The molecule has 8 heteroatoms. The Morgan fingerprint density at radius 3 is 2.68 bits per heavy atom. The van der Waals surface area contributed by atoms with Crippen molar-refractivity contribution in [2.45, 2.75) is 58.3 Å². The van der Waals surface area contributed by atoms with E-state index in [0.29, 0.717) is 21.1 Å². The minimum Gasteiger partial charge on any atom is -0.465 e. The normalized spacial score (nSPS) is 14.0. The van der Waals surface area contributed by atoms with Crippen LogP contribution in [0.1, 0.15) is 75.2 Å². The lowest BCUT2D eigenvalue weighted by molar-refractivity contribution is 0.0601. The smallest absolute Gasteiger partial charge is 0.341 e.